The minimum atomic E-state index is -2.71. The summed E-state index contributed by atoms with van der Waals surface area (Å²) in [5.74, 6) is -0.0892. The van der Waals surface area contributed by atoms with Gasteiger partial charge in [-0.25, -0.2) is 13.8 Å². The minimum absolute atomic E-state index is 0.314. The average Bonchev–Trinajstić information content (AvgIpc) is 2.98. The lowest BCUT2D eigenvalue weighted by Crippen LogP contribution is -2.34. The van der Waals surface area contributed by atoms with Crippen LogP contribution in [0.4, 0.5) is 5.69 Å². The summed E-state index contributed by atoms with van der Waals surface area (Å²) in [6.45, 7) is 1.11. The van der Waals surface area contributed by atoms with Crippen LogP contribution in [-0.2, 0) is 21.0 Å². The van der Waals surface area contributed by atoms with Crippen LogP contribution in [0.25, 0.3) is 0 Å². The van der Waals surface area contributed by atoms with Crippen LogP contribution in [0.5, 0.6) is 0 Å². The van der Waals surface area contributed by atoms with E-state index in [1.54, 1.807) is 18.2 Å². The second kappa shape index (κ2) is 5.49. The van der Waals surface area contributed by atoms with Crippen molar-refractivity contribution < 1.29 is 13.7 Å². The summed E-state index contributed by atoms with van der Waals surface area (Å²) in [5, 5.41) is 0. The van der Waals surface area contributed by atoms with Crippen molar-refractivity contribution in [1.82, 2.24) is 4.98 Å². The highest BCUT2D eigenvalue weighted by Gasteiger charge is 2.25. The Hall–Kier alpha value is -2.28. The number of benzene rings is 1. The Morgan fingerprint density at radius 1 is 1.36 bits per heavy atom. The maximum absolute atomic E-state index is 12.3. The third-order valence-corrected chi connectivity index (χ3v) is 5.54. The molecule has 0 bridgehead atoms. The van der Waals surface area contributed by atoms with E-state index >= 15 is 0 Å². The number of rotatable bonds is 3. The van der Waals surface area contributed by atoms with E-state index in [-0.39, 0.29) is 0 Å². The molecule has 0 saturated heterocycles. The summed E-state index contributed by atoms with van der Waals surface area (Å²) in [5.41, 5.74) is 2.10. The second-order valence-corrected chi connectivity index (χ2v) is 7.36. The van der Waals surface area contributed by atoms with Gasteiger partial charge >= 0.3 is 5.97 Å². The zero-order valence-electron chi connectivity index (χ0n) is 12.2. The first-order valence-corrected chi connectivity index (χ1v) is 8.60. The number of para-hydroxylation sites is 1. The second-order valence-electron chi connectivity index (χ2n) is 5.16. The quantitative estimate of drug-likeness (QED) is 0.849. The fourth-order valence-corrected chi connectivity index (χ4v) is 4.13. The molecular weight excluding hydrogens is 302 g/mol. The lowest BCUT2D eigenvalue weighted by molar-refractivity contribution is 0.0594. The number of hydrogen-bond donors (Lipinski definition) is 2. The van der Waals surface area contributed by atoms with Crippen molar-refractivity contribution in [2.75, 3.05) is 24.3 Å². The Morgan fingerprint density at radius 2 is 2.14 bits per heavy atom. The highest BCUT2D eigenvalue weighted by molar-refractivity contribution is 7.92. The monoisotopic (exact) mass is 319 g/mol. The number of nitrogens with zero attached hydrogens (tertiary/aromatic N) is 1. The van der Waals surface area contributed by atoms with E-state index in [1.165, 1.54) is 7.11 Å². The zero-order chi connectivity index (χ0) is 15.7. The van der Waals surface area contributed by atoms with Gasteiger partial charge in [-0.2, -0.15) is 0 Å². The normalized spacial score (nSPS) is 20.5. The molecule has 0 fully saturated rings. The van der Waals surface area contributed by atoms with Crippen molar-refractivity contribution in [2.24, 2.45) is 0 Å². The molecule has 1 atom stereocenters. The van der Waals surface area contributed by atoms with Crippen LogP contribution in [-0.4, -0.2) is 34.6 Å². The number of anilines is 1. The van der Waals surface area contributed by atoms with Crippen molar-refractivity contribution >= 4 is 21.4 Å². The Bertz CT molecular complexity index is 811. The molecule has 1 aliphatic rings. The predicted molar refractivity (Wildman–Crippen MR) is 83.6 cm³/mol. The van der Waals surface area contributed by atoms with Crippen molar-refractivity contribution in [3.05, 3.63) is 47.8 Å². The van der Waals surface area contributed by atoms with Gasteiger partial charge in [-0.15, -0.1) is 0 Å². The number of ether oxygens (including phenoxy) is 1. The van der Waals surface area contributed by atoms with E-state index < -0.39 is 15.7 Å². The fourth-order valence-electron chi connectivity index (χ4n) is 2.60. The first-order valence-electron chi connectivity index (χ1n) is 6.88. The van der Waals surface area contributed by atoms with E-state index in [4.69, 9.17) is 4.78 Å². The summed E-state index contributed by atoms with van der Waals surface area (Å²) < 4.78 is 25.0. The molecule has 0 spiro atoms. The topological polar surface area (TPSA) is 86.2 Å². The minimum Gasteiger partial charge on any atom is -0.464 e. The van der Waals surface area contributed by atoms with Gasteiger partial charge in [-0.05, 0) is 24.3 Å². The molecule has 7 heteroatoms. The molecule has 1 aromatic carbocycles. The molecule has 1 aliphatic heterocycles. The number of aromatic amines is 1. The molecular formula is C15H17N3O3S. The first kappa shape index (κ1) is 14.6. The average molecular weight is 319 g/mol. The number of nitrogens with one attached hydrogen (secondary N) is 2. The number of aromatic nitrogens is 1. The number of hydrogen-bond acceptors (Lipinski definition) is 5. The van der Waals surface area contributed by atoms with Crippen molar-refractivity contribution in [2.45, 2.75) is 11.4 Å². The van der Waals surface area contributed by atoms with Gasteiger partial charge in [0.1, 0.15) is 5.69 Å². The molecule has 116 valence electrons. The molecule has 1 unspecified atom stereocenters. The van der Waals surface area contributed by atoms with Crippen LogP contribution in [0.3, 0.4) is 0 Å². The summed E-state index contributed by atoms with van der Waals surface area (Å²) in [6.07, 6.45) is 0. The lowest BCUT2D eigenvalue weighted by atomic mass is 10.2. The number of H-pyrrole nitrogens is 1. The van der Waals surface area contributed by atoms with Gasteiger partial charge in [0.05, 0.1) is 39.7 Å². The van der Waals surface area contributed by atoms with Crippen LogP contribution in [0.1, 0.15) is 16.2 Å². The predicted octanol–water partition coefficient (Wildman–Crippen LogP) is 2.23. The molecule has 0 saturated carbocycles. The smallest absolute Gasteiger partial charge is 0.354 e. The van der Waals surface area contributed by atoms with Crippen molar-refractivity contribution in [3.8, 4) is 0 Å². The van der Waals surface area contributed by atoms with Crippen LogP contribution in [0.15, 0.2) is 41.3 Å². The molecule has 2 N–H and O–H groups in total. The lowest BCUT2D eigenvalue weighted by Gasteiger charge is -2.31. The van der Waals surface area contributed by atoms with E-state index in [9.17, 15) is 9.00 Å². The number of fused-ring (bicyclic) bond motifs is 1. The van der Waals surface area contributed by atoms with Gasteiger partial charge in [0, 0.05) is 12.2 Å². The van der Waals surface area contributed by atoms with Crippen LogP contribution >= 0.6 is 0 Å². The largest absolute Gasteiger partial charge is 0.464 e. The van der Waals surface area contributed by atoms with Gasteiger partial charge in [0.15, 0.2) is 0 Å². The summed E-state index contributed by atoms with van der Waals surface area (Å²) in [4.78, 5) is 17.2. The highest BCUT2D eigenvalue weighted by Crippen LogP contribution is 2.31. The number of carbonyl (C=O) groups excluding carboxylic acids is 1. The Balaban J connectivity index is 1.88. The molecule has 6 nitrogen and oxygen atoms in total. The van der Waals surface area contributed by atoms with Gasteiger partial charge < -0.3 is 14.6 Å². The summed E-state index contributed by atoms with van der Waals surface area (Å²) >= 11 is 0. The molecule has 22 heavy (non-hydrogen) atoms. The maximum atomic E-state index is 12.3. The van der Waals surface area contributed by atoms with Crippen molar-refractivity contribution in [1.29, 1.82) is 4.78 Å². The van der Waals surface area contributed by atoms with Crippen molar-refractivity contribution in [3.63, 3.8) is 0 Å². The molecule has 1 aromatic heterocycles. The maximum Gasteiger partial charge on any atom is 0.354 e. The fraction of sp³-hybridized carbons (Fsp3) is 0.267. The van der Waals surface area contributed by atoms with Gasteiger partial charge in [0.2, 0.25) is 0 Å². The summed E-state index contributed by atoms with van der Waals surface area (Å²) in [7, 11) is -1.36. The molecule has 3 rings (SSSR count). The zero-order valence-corrected chi connectivity index (χ0v) is 13.0. The van der Waals surface area contributed by atoms with Gasteiger partial charge in [-0.1, -0.05) is 12.1 Å². The molecule has 0 radical (unpaired) electrons. The van der Waals surface area contributed by atoms with Gasteiger partial charge in [0.25, 0.3) is 0 Å². The van der Waals surface area contributed by atoms with E-state index in [0.717, 1.165) is 11.4 Å². The van der Waals surface area contributed by atoms with E-state index in [0.29, 0.717) is 29.4 Å². The van der Waals surface area contributed by atoms with E-state index in [2.05, 4.69) is 14.6 Å². The SMILES string of the molecule is COC(=O)c1ccc(CN2CCS(=N)(=O)c3ccccc32)[nH]1. The Kier molecular flexibility index (Phi) is 3.66. The van der Waals surface area contributed by atoms with E-state index in [1.807, 2.05) is 18.2 Å². The highest BCUT2D eigenvalue weighted by atomic mass is 32.2. The molecule has 0 aliphatic carbocycles. The molecule has 0 amide bonds. The number of methoxy groups -OCH3 is 1. The first-order chi connectivity index (χ1) is 10.5. The Morgan fingerprint density at radius 3 is 2.91 bits per heavy atom. The molecule has 2 aromatic rings. The van der Waals surface area contributed by atoms with Crippen LogP contribution in [0.2, 0.25) is 0 Å². The third kappa shape index (κ3) is 2.59. The number of carbonyl (C=O) groups is 1. The standard InChI is InChI=1S/C15H17N3O3S/c1-21-15(19)12-7-6-11(17-12)10-18-8-9-22(16,20)14-5-3-2-4-13(14)18/h2-7,16-17H,8-10H2,1H3. The third-order valence-electron chi connectivity index (χ3n) is 3.72. The number of esters is 1. The van der Waals surface area contributed by atoms with Crippen LogP contribution < -0.4 is 4.90 Å². The summed E-state index contributed by atoms with van der Waals surface area (Å²) in [6, 6.07) is 10.8. The molecule has 2 heterocycles. The van der Waals surface area contributed by atoms with Crippen LogP contribution in [0, 0.1) is 4.78 Å². The Labute approximate surface area is 129 Å². The van der Waals surface area contributed by atoms with Gasteiger partial charge in [-0.3, -0.25) is 0 Å².